The van der Waals surface area contributed by atoms with Crippen molar-refractivity contribution in [3.63, 3.8) is 0 Å². The minimum atomic E-state index is -4.46. The molecule has 0 unspecified atom stereocenters. The molecule has 0 aliphatic rings. The highest BCUT2D eigenvalue weighted by molar-refractivity contribution is 5.37. The number of phenolic OH excluding ortho intramolecular Hbond substituents is 1. The summed E-state index contributed by atoms with van der Waals surface area (Å²) in [6.07, 6.45) is -4.46. The van der Waals surface area contributed by atoms with Gasteiger partial charge in [-0.1, -0.05) is 30.3 Å². The number of ether oxygens (including phenoxy) is 1. The largest absolute Gasteiger partial charge is 0.508 e. The molecule has 1 N–H and O–H groups in total. The van der Waals surface area contributed by atoms with E-state index in [1.165, 1.54) is 24.3 Å². The van der Waals surface area contributed by atoms with Crippen LogP contribution < -0.4 is 4.74 Å². The Hall–Kier alpha value is -2.17. The van der Waals surface area contributed by atoms with Gasteiger partial charge in [0.15, 0.2) is 0 Å². The number of hydrogen-bond acceptors (Lipinski definition) is 2. The smallest absolute Gasteiger partial charge is 0.419 e. The molecule has 2 rings (SSSR count). The molecule has 0 aromatic heterocycles. The average Bonchev–Trinajstić information content (AvgIpc) is 2.37. The maximum Gasteiger partial charge on any atom is 0.419 e. The van der Waals surface area contributed by atoms with E-state index >= 15 is 0 Å². The summed E-state index contributed by atoms with van der Waals surface area (Å²) >= 11 is 0. The van der Waals surface area contributed by atoms with Crippen LogP contribution in [0.1, 0.15) is 11.1 Å². The van der Waals surface area contributed by atoms with Crippen LogP contribution in [-0.4, -0.2) is 5.11 Å². The Kier molecular flexibility index (Phi) is 3.64. The molecule has 0 aliphatic heterocycles. The predicted octanol–water partition coefficient (Wildman–Crippen LogP) is 3.99. The SMILES string of the molecule is Oc1ccccc1COc1ccccc1C(F)(F)F. The second-order valence-corrected chi connectivity index (χ2v) is 3.91. The highest BCUT2D eigenvalue weighted by Crippen LogP contribution is 2.36. The zero-order valence-corrected chi connectivity index (χ0v) is 9.82. The molecule has 5 heteroatoms. The number of aromatic hydroxyl groups is 1. The Morgan fingerprint density at radius 2 is 1.58 bits per heavy atom. The quantitative estimate of drug-likeness (QED) is 0.912. The molecule has 100 valence electrons. The van der Waals surface area contributed by atoms with Crippen LogP contribution in [0.2, 0.25) is 0 Å². The number of alkyl halides is 3. The molecule has 19 heavy (non-hydrogen) atoms. The van der Waals surface area contributed by atoms with Crippen molar-refractivity contribution in [1.29, 1.82) is 0 Å². The Balaban J connectivity index is 2.19. The van der Waals surface area contributed by atoms with E-state index in [9.17, 15) is 18.3 Å². The van der Waals surface area contributed by atoms with E-state index in [0.29, 0.717) is 5.56 Å². The fraction of sp³-hybridized carbons (Fsp3) is 0.143. The minimum Gasteiger partial charge on any atom is -0.508 e. The fourth-order valence-corrected chi connectivity index (χ4v) is 1.62. The molecule has 2 aromatic carbocycles. The van der Waals surface area contributed by atoms with Gasteiger partial charge in [0.25, 0.3) is 0 Å². The van der Waals surface area contributed by atoms with Gasteiger partial charge < -0.3 is 9.84 Å². The first-order chi connectivity index (χ1) is 8.98. The van der Waals surface area contributed by atoms with E-state index in [1.54, 1.807) is 18.2 Å². The summed E-state index contributed by atoms with van der Waals surface area (Å²) in [5.41, 5.74) is -0.398. The van der Waals surface area contributed by atoms with Crippen LogP contribution in [0.3, 0.4) is 0 Å². The molecule has 2 nitrogen and oxygen atoms in total. The predicted molar refractivity (Wildman–Crippen MR) is 63.9 cm³/mol. The highest BCUT2D eigenvalue weighted by atomic mass is 19.4. The van der Waals surface area contributed by atoms with Crippen LogP contribution in [0.4, 0.5) is 13.2 Å². The third-order valence-corrected chi connectivity index (χ3v) is 2.57. The normalized spacial score (nSPS) is 11.3. The summed E-state index contributed by atoms with van der Waals surface area (Å²) in [6.45, 7) is -0.125. The molecule has 0 aliphatic carbocycles. The highest BCUT2D eigenvalue weighted by Gasteiger charge is 2.33. The van der Waals surface area contributed by atoms with Gasteiger partial charge in [-0.3, -0.25) is 0 Å². The molecule has 2 aromatic rings. The van der Waals surface area contributed by atoms with Crippen molar-refractivity contribution in [1.82, 2.24) is 0 Å². The van der Waals surface area contributed by atoms with Crippen molar-refractivity contribution in [3.05, 3.63) is 59.7 Å². The lowest BCUT2D eigenvalue weighted by Crippen LogP contribution is -2.08. The topological polar surface area (TPSA) is 29.5 Å². The van der Waals surface area contributed by atoms with E-state index in [4.69, 9.17) is 4.74 Å². The summed E-state index contributed by atoms with van der Waals surface area (Å²) in [6, 6.07) is 11.3. The molecule has 0 spiro atoms. The zero-order chi connectivity index (χ0) is 13.9. The molecule has 0 amide bonds. The second kappa shape index (κ2) is 5.22. The molecule has 0 radical (unpaired) electrons. The van der Waals surface area contributed by atoms with Gasteiger partial charge in [0.05, 0.1) is 5.56 Å². The van der Waals surface area contributed by atoms with Crippen molar-refractivity contribution in [2.24, 2.45) is 0 Å². The van der Waals surface area contributed by atoms with Gasteiger partial charge in [0, 0.05) is 5.56 Å². The lowest BCUT2D eigenvalue weighted by molar-refractivity contribution is -0.139. The minimum absolute atomic E-state index is 0.00742. The summed E-state index contributed by atoms with van der Waals surface area (Å²) in [4.78, 5) is 0. The Labute approximate surface area is 108 Å². The van der Waals surface area contributed by atoms with Crippen molar-refractivity contribution in [2.45, 2.75) is 12.8 Å². The van der Waals surface area contributed by atoms with Crippen molar-refractivity contribution in [2.75, 3.05) is 0 Å². The standard InChI is InChI=1S/C14H11F3O2/c15-14(16,17)11-6-2-4-8-13(11)19-9-10-5-1-3-7-12(10)18/h1-8,18H,9H2. The summed E-state index contributed by atoms with van der Waals surface area (Å²) < 4.78 is 43.3. The molecular formula is C14H11F3O2. The summed E-state index contributed by atoms with van der Waals surface area (Å²) in [5, 5.41) is 9.52. The zero-order valence-electron chi connectivity index (χ0n) is 9.82. The third-order valence-electron chi connectivity index (χ3n) is 2.57. The Morgan fingerprint density at radius 3 is 2.26 bits per heavy atom. The monoisotopic (exact) mass is 268 g/mol. The first kappa shape index (κ1) is 13.3. The fourth-order valence-electron chi connectivity index (χ4n) is 1.62. The lowest BCUT2D eigenvalue weighted by Gasteiger charge is -2.14. The summed E-state index contributed by atoms with van der Waals surface area (Å²) in [7, 11) is 0. The Morgan fingerprint density at radius 1 is 0.947 bits per heavy atom. The van der Waals surface area contributed by atoms with Crippen molar-refractivity contribution >= 4 is 0 Å². The van der Waals surface area contributed by atoms with Crippen LogP contribution >= 0.6 is 0 Å². The van der Waals surface area contributed by atoms with Crippen LogP contribution in [0.25, 0.3) is 0 Å². The van der Waals surface area contributed by atoms with E-state index in [0.717, 1.165) is 6.07 Å². The van der Waals surface area contributed by atoms with E-state index in [1.807, 2.05) is 0 Å². The first-order valence-electron chi connectivity index (χ1n) is 5.54. The Bertz CT molecular complexity index is 565. The number of hydrogen-bond donors (Lipinski definition) is 1. The van der Waals surface area contributed by atoms with Crippen LogP contribution in [-0.2, 0) is 12.8 Å². The van der Waals surface area contributed by atoms with Crippen LogP contribution in [0.5, 0.6) is 11.5 Å². The third kappa shape index (κ3) is 3.19. The van der Waals surface area contributed by atoms with Gasteiger partial charge in [0.2, 0.25) is 0 Å². The molecule has 0 saturated carbocycles. The molecular weight excluding hydrogens is 257 g/mol. The number of benzene rings is 2. The van der Waals surface area contributed by atoms with Gasteiger partial charge >= 0.3 is 6.18 Å². The second-order valence-electron chi connectivity index (χ2n) is 3.91. The van der Waals surface area contributed by atoms with Gasteiger partial charge in [-0.2, -0.15) is 13.2 Å². The molecule has 0 atom stereocenters. The van der Waals surface area contributed by atoms with Gasteiger partial charge in [-0.25, -0.2) is 0 Å². The van der Waals surface area contributed by atoms with Crippen molar-refractivity contribution < 1.29 is 23.0 Å². The summed E-state index contributed by atoms with van der Waals surface area (Å²) in [5.74, 6) is -0.259. The van der Waals surface area contributed by atoms with Gasteiger partial charge in [-0.15, -0.1) is 0 Å². The number of phenols is 1. The van der Waals surface area contributed by atoms with Crippen LogP contribution in [0.15, 0.2) is 48.5 Å². The number of halogens is 3. The maximum atomic E-state index is 12.7. The first-order valence-corrected chi connectivity index (χ1v) is 5.54. The number of para-hydroxylation sites is 2. The number of rotatable bonds is 3. The van der Waals surface area contributed by atoms with E-state index in [-0.39, 0.29) is 18.1 Å². The van der Waals surface area contributed by atoms with E-state index in [2.05, 4.69) is 0 Å². The molecule has 0 bridgehead atoms. The molecule has 0 saturated heterocycles. The van der Waals surface area contributed by atoms with Crippen molar-refractivity contribution in [3.8, 4) is 11.5 Å². The lowest BCUT2D eigenvalue weighted by atomic mass is 10.2. The van der Waals surface area contributed by atoms with E-state index < -0.39 is 11.7 Å². The maximum absolute atomic E-state index is 12.7. The molecule has 0 heterocycles. The van der Waals surface area contributed by atoms with Gasteiger partial charge in [-0.05, 0) is 18.2 Å². The van der Waals surface area contributed by atoms with Gasteiger partial charge in [0.1, 0.15) is 18.1 Å². The molecule has 0 fully saturated rings. The van der Waals surface area contributed by atoms with Crippen LogP contribution in [0, 0.1) is 0 Å². The average molecular weight is 268 g/mol.